The van der Waals surface area contributed by atoms with Crippen LogP contribution in [0, 0.1) is 0 Å². The Kier molecular flexibility index (Phi) is 16.1. The molecule has 0 aliphatic rings. The fourth-order valence-electron chi connectivity index (χ4n) is 2.46. The number of nitrogens with one attached hydrogen (secondary N) is 2. The first kappa shape index (κ1) is 23.8. The molecule has 0 spiro atoms. The molecule has 2 N–H and O–H groups in total. The van der Waals surface area contributed by atoms with Gasteiger partial charge < -0.3 is 30.2 Å². The molecule has 0 aromatic rings. The smallest absolute Gasteiger partial charge is 0.0107 e. The zero-order valence-electron chi connectivity index (χ0n) is 17.3. The van der Waals surface area contributed by atoms with Crippen molar-refractivity contribution in [2.24, 2.45) is 0 Å². The third-order valence-electron chi connectivity index (χ3n) is 4.55. The standard InChI is InChI=1S/C18H44N6/c1-19-9-7-8-11-21(3)13-15-23(5)17-18-24(6)16-14-22(4)12-10-20-2/h19-20H,7-18H2,1-6H3. The van der Waals surface area contributed by atoms with Gasteiger partial charge in [0.2, 0.25) is 0 Å². The molecule has 0 heterocycles. The molecule has 0 rings (SSSR count). The lowest BCUT2D eigenvalue weighted by Crippen LogP contribution is -2.39. The van der Waals surface area contributed by atoms with Crippen LogP contribution in [0.4, 0.5) is 0 Å². The summed E-state index contributed by atoms with van der Waals surface area (Å²) in [5, 5.41) is 6.41. The highest BCUT2D eigenvalue weighted by Crippen LogP contribution is 1.94. The van der Waals surface area contributed by atoms with Crippen LogP contribution in [-0.2, 0) is 0 Å². The van der Waals surface area contributed by atoms with Crippen molar-refractivity contribution in [3.63, 3.8) is 0 Å². The summed E-state index contributed by atoms with van der Waals surface area (Å²) in [6.45, 7) is 11.4. The van der Waals surface area contributed by atoms with Gasteiger partial charge in [-0.25, -0.2) is 0 Å². The number of nitrogens with zero attached hydrogens (tertiary/aromatic N) is 4. The first-order chi connectivity index (χ1) is 11.5. The molecule has 0 aromatic carbocycles. The lowest BCUT2D eigenvalue weighted by molar-refractivity contribution is 0.210. The predicted octanol–water partition coefficient (Wildman–Crippen LogP) is -0.0674. The van der Waals surface area contributed by atoms with Crippen molar-refractivity contribution in [3.05, 3.63) is 0 Å². The molecule has 0 unspecified atom stereocenters. The van der Waals surface area contributed by atoms with Crippen molar-refractivity contribution in [2.45, 2.75) is 12.8 Å². The van der Waals surface area contributed by atoms with Crippen LogP contribution in [0.25, 0.3) is 0 Å². The summed E-state index contributed by atoms with van der Waals surface area (Å²) in [6, 6.07) is 0. The Bertz CT molecular complexity index is 264. The van der Waals surface area contributed by atoms with E-state index in [9.17, 15) is 0 Å². The molecule has 0 atom stereocenters. The molecule has 0 saturated heterocycles. The lowest BCUT2D eigenvalue weighted by atomic mass is 10.3. The van der Waals surface area contributed by atoms with E-state index < -0.39 is 0 Å². The van der Waals surface area contributed by atoms with Gasteiger partial charge in [0.25, 0.3) is 0 Å². The Morgan fingerprint density at radius 3 is 1.25 bits per heavy atom. The number of hydrogen-bond acceptors (Lipinski definition) is 6. The van der Waals surface area contributed by atoms with Gasteiger partial charge in [-0.2, -0.15) is 0 Å². The first-order valence-corrected chi connectivity index (χ1v) is 9.53. The monoisotopic (exact) mass is 344 g/mol. The van der Waals surface area contributed by atoms with E-state index >= 15 is 0 Å². The summed E-state index contributed by atoms with van der Waals surface area (Å²) in [7, 11) is 12.9. The van der Waals surface area contributed by atoms with Crippen LogP contribution >= 0.6 is 0 Å². The maximum absolute atomic E-state index is 3.21. The molecule has 0 aromatic heterocycles. The summed E-state index contributed by atoms with van der Waals surface area (Å²) in [5.41, 5.74) is 0. The third kappa shape index (κ3) is 15.3. The number of rotatable bonds is 17. The normalized spacial score (nSPS) is 12.2. The summed E-state index contributed by atoms with van der Waals surface area (Å²) in [5.74, 6) is 0. The number of hydrogen-bond donors (Lipinski definition) is 2. The average molecular weight is 345 g/mol. The minimum absolute atomic E-state index is 1.06. The van der Waals surface area contributed by atoms with Crippen molar-refractivity contribution in [1.29, 1.82) is 0 Å². The minimum Gasteiger partial charge on any atom is -0.320 e. The van der Waals surface area contributed by atoms with Gasteiger partial charge in [0.05, 0.1) is 0 Å². The van der Waals surface area contributed by atoms with Gasteiger partial charge in [0, 0.05) is 52.4 Å². The van der Waals surface area contributed by atoms with Crippen molar-refractivity contribution in [3.8, 4) is 0 Å². The van der Waals surface area contributed by atoms with Crippen LogP contribution in [-0.4, -0.2) is 127 Å². The molecule has 0 amide bonds. The van der Waals surface area contributed by atoms with Gasteiger partial charge in [0.1, 0.15) is 0 Å². The van der Waals surface area contributed by atoms with E-state index in [4.69, 9.17) is 0 Å². The molecule has 0 fully saturated rings. The summed E-state index contributed by atoms with van der Waals surface area (Å²) in [6.07, 6.45) is 2.55. The highest BCUT2D eigenvalue weighted by molar-refractivity contribution is 4.62. The highest BCUT2D eigenvalue weighted by Gasteiger charge is 2.05. The van der Waals surface area contributed by atoms with Crippen LogP contribution in [0.2, 0.25) is 0 Å². The Hall–Kier alpha value is -0.240. The van der Waals surface area contributed by atoms with E-state index in [-0.39, 0.29) is 0 Å². The molecule has 0 aliphatic carbocycles. The molecular weight excluding hydrogens is 300 g/mol. The van der Waals surface area contributed by atoms with Crippen LogP contribution in [0.3, 0.4) is 0 Å². The molecule has 0 radical (unpaired) electrons. The predicted molar refractivity (Wildman–Crippen MR) is 107 cm³/mol. The molecule has 24 heavy (non-hydrogen) atoms. The summed E-state index contributed by atoms with van der Waals surface area (Å²) in [4.78, 5) is 9.73. The van der Waals surface area contributed by atoms with Crippen LogP contribution in [0.1, 0.15) is 12.8 Å². The van der Waals surface area contributed by atoms with E-state index in [1.54, 1.807) is 0 Å². The highest BCUT2D eigenvalue weighted by atomic mass is 15.2. The molecule has 146 valence electrons. The third-order valence-corrected chi connectivity index (χ3v) is 4.55. The fourth-order valence-corrected chi connectivity index (χ4v) is 2.46. The minimum atomic E-state index is 1.06. The summed E-state index contributed by atoms with van der Waals surface area (Å²) >= 11 is 0. The van der Waals surface area contributed by atoms with E-state index in [0.29, 0.717) is 0 Å². The lowest BCUT2D eigenvalue weighted by Gasteiger charge is -2.25. The van der Waals surface area contributed by atoms with Crippen LogP contribution in [0.5, 0.6) is 0 Å². The zero-order valence-corrected chi connectivity index (χ0v) is 17.3. The molecule has 0 aliphatic heterocycles. The van der Waals surface area contributed by atoms with Gasteiger partial charge in [-0.15, -0.1) is 0 Å². The second kappa shape index (κ2) is 16.2. The Balaban J connectivity index is 3.60. The molecule has 0 saturated carbocycles. The van der Waals surface area contributed by atoms with Crippen molar-refractivity contribution < 1.29 is 0 Å². The van der Waals surface area contributed by atoms with Crippen molar-refractivity contribution in [1.82, 2.24) is 30.2 Å². The number of unbranched alkanes of at least 4 members (excludes halogenated alkanes) is 1. The van der Waals surface area contributed by atoms with Crippen LogP contribution < -0.4 is 10.6 Å². The second-order valence-electron chi connectivity index (χ2n) is 7.13. The topological polar surface area (TPSA) is 37.0 Å². The maximum atomic E-state index is 3.21. The van der Waals surface area contributed by atoms with Crippen molar-refractivity contribution in [2.75, 3.05) is 108 Å². The van der Waals surface area contributed by atoms with E-state index in [1.807, 2.05) is 14.1 Å². The van der Waals surface area contributed by atoms with Gasteiger partial charge in [-0.1, -0.05) is 0 Å². The van der Waals surface area contributed by atoms with Gasteiger partial charge in [-0.05, 0) is 68.2 Å². The van der Waals surface area contributed by atoms with Gasteiger partial charge in [-0.3, -0.25) is 0 Å². The van der Waals surface area contributed by atoms with Gasteiger partial charge >= 0.3 is 0 Å². The zero-order chi connectivity index (χ0) is 18.2. The second-order valence-corrected chi connectivity index (χ2v) is 7.13. The molecule has 0 bridgehead atoms. The van der Waals surface area contributed by atoms with Crippen molar-refractivity contribution >= 4 is 0 Å². The Morgan fingerprint density at radius 2 is 0.833 bits per heavy atom. The largest absolute Gasteiger partial charge is 0.320 e. The van der Waals surface area contributed by atoms with Gasteiger partial charge in [0.15, 0.2) is 0 Å². The quantitative estimate of drug-likeness (QED) is 0.360. The van der Waals surface area contributed by atoms with E-state index in [0.717, 1.165) is 58.9 Å². The molecular formula is C18H44N6. The Morgan fingerprint density at radius 1 is 0.458 bits per heavy atom. The van der Waals surface area contributed by atoms with E-state index in [1.165, 1.54) is 19.4 Å². The van der Waals surface area contributed by atoms with E-state index in [2.05, 4.69) is 58.4 Å². The molecule has 6 heteroatoms. The molecule has 6 nitrogen and oxygen atoms in total. The van der Waals surface area contributed by atoms with Crippen LogP contribution in [0.15, 0.2) is 0 Å². The Labute approximate surface area is 151 Å². The maximum Gasteiger partial charge on any atom is 0.0107 e. The fraction of sp³-hybridized carbons (Fsp3) is 1.00. The average Bonchev–Trinajstić information content (AvgIpc) is 2.58. The summed E-state index contributed by atoms with van der Waals surface area (Å²) < 4.78 is 0. The first-order valence-electron chi connectivity index (χ1n) is 9.53. The number of likely N-dealkylation sites (N-methyl/N-ethyl adjacent to an activating group) is 5. The SMILES string of the molecule is CNCCCCN(C)CCN(C)CCN(C)CCN(C)CCNC.